The first kappa shape index (κ1) is 12.8. The fourth-order valence-electron chi connectivity index (χ4n) is 1.05. The molecule has 2 aromatic carbocycles. The lowest BCUT2D eigenvalue weighted by Crippen LogP contribution is -1.81. The van der Waals surface area contributed by atoms with E-state index in [1.807, 2.05) is 48.5 Å². The summed E-state index contributed by atoms with van der Waals surface area (Å²) in [6, 6.07) is 14.8. The first-order chi connectivity index (χ1) is 7.58. The first-order valence-electron chi connectivity index (χ1n) is 4.67. The molecular formula is C12H14N2S2. The average molecular weight is 250 g/mol. The van der Waals surface area contributed by atoms with Crippen LogP contribution in [0.3, 0.4) is 0 Å². The summed E-state index contributed by atoms with van der Waals surface area (Å²) in [4.78, 5) is 1.81. The van der Waals surface area contributed by atoms with E-state index in [0.717, 1.165) is 21.2 Å². The predicted octanol–water partition coefficient (Wildman–Crippen LogP) is 3.12. The Labute approximate surface area is 106 Å². The molecule has 4 N–H and O–H groups in total. The van der Waals surface area contributed by atoms with Gasteiger partial charge in [0.2, 0.25) is 0 Å². The summed E-state index contributed by atoms with van der Waals surface area (Å²) in [5, 5.41) is 0. The maximum Gasteiger partial charge on any atom is 0.0325 e. The molecule has 0 aliphatic rings. The van der Waals surface area contributed by atoms with Crippen molar-refractivity contribution in [1.82, 2.24) is 0 Å². The highest BCUT2D eigenvalue weighted by Crippen LogP contribution is 2.09. The molecule has 2 aromatic rings. The van der Waals surface area contributed by atoms with Crippen LogP contribution in [-0.4, -0.2) is 0 Å². The molecule has 0 radical (unpaired) electrons. The molecule has 0 fully saturated rings. The molecule has 0 atom stereocenters. The number of hydrogen-bond acceptors (Lipinski definition) is 4. The van der Waals surface area contributed by atoms with Crippen molar-refractivity contribution in [3.8, 4) is 0 Å². The Bertz CT molecular complexity index is 380. The molecule has 2 nitrogen and oxygen atoms in total. The Kier molecular flexibility index (Phi) is 5.08. The van der Waals surface area contributed by atoms with Gasteiger partial charge in [-0.25, -0.2) is 0 Å². The number of benzene rings is 2. The van der Waals surface area contributed by atoms with Crippen LogP contribution in [0.1, 0.15) is 0 Å². The van der Waals surface area contributed by atoms with Crippen LogP contribution in [0.25, 0.3) is 0 Å². The summed E-state index contributed by atoms with van der Waals surface area (Å²) < 4.78 is 0. The van der Waals surface area contributed by atoms with Crippen LogP contribution >= 0.6 is 25.3 Å². The van der Waals surface area contributed by atoms with Crippen molar-refractivity contribution in [2.45, 2.75) is 9.79 Å². The van der Waals surface area contributed by atoms with Crippen LogP contribution < -0.4 is 11.5 Å². The lowest BCUT2D eigenvalue weighted by atomic mass is 10.3. The molecule has 0 heterocycles. The molecule has 0 amide bonds. The lowest BCUT2D eigenvalue weighted by Gasteiger charge is -1.90. The fourth-order valence-corrected chi connectivity index (χ4v) is 1.52. The van der Waals surface area contributed by atoms with E-state index >= 15 is 0 Å². The first-order valence-corrected chi connectivity index (χ1v) is 5.56. The molecular weight excluding hydrogens is 236 g/mol. The zero-order valence-corrected chi connectivity index (χ0v) is 10.5. The van der Waals surface area contributed by atoms with E-state index in [4.69, 9.17) is 11.5 Å². The molecule has 84 valence electrons. The van der Waals surface area contributed by atoms with E-state index in [-0.39, 0.29) is 0 Å². The minimum absolute atomic E-state index is 0.762. The number of rotatable bonds is 0. The molecule has 0 aromatic heterocycles. The van der Waals surface area contributed by atoms with Crippen molar-refractivity contribution < 1.29 is 0 Å². The molecule has 0 bridgehead atoms. The quantitative estimate of drug-likeness (QED) is 0.429. The maximum absolute atomic E-state index is 5.41. The van der Waals surface area contributed by atoms with Gasteiger partial charge in [0.1, 0.15) is 0 Å². The molecule has 0 saturated carbocycles. The van der Waals surface area contributed by atoms with Crippen molar-refractivity contribution in [3.63, 3.8) is 0 Å². The highest BCUT2D eigenvalue weighted by Gasteiger charge is 1.82. The van der Waals surface area contributed by atoms with Gasteiger partial charge in [0.15, 0.2) is 0 Å². The van der Waals surface area contributed by atoms with Gasteiger partial charge in [-0.2, -0.15) is 0 Å². The van der Waals surface area contributed by atoms with Crippen LogP contribution in [0.5, 0.6) is 0 Å². The van der Waals surface area contributed by atoms with Gasteiger partial charge in [-0.3, -0.25) is 0 Å². The summed E-state index contributed by atoms with van der Waals surface area (Å²) in [5.74, 6) is 0. The second-order valence-electron chi connectivity index (χ2n) is 3.19. The number of thiol groups is 2. The second kappa shape index (κ2) is 6.35. The van der Waals surface area contributed by atoms with Gasteiger partial charge >= 0.3 is 0 Å². The van der Waals surface area contributed by atoms with Crippen LogP contribution in [0, 0.1) is 0 Å². The third kappa shape index (κ3) is 5.00. The van der Waals surface area contributed by atoms with Crippen LogP contribution in [0.15, 0.2) is 58.3 Å². The van der Waals surface area contributed by atoms with Crippen molar-refractivity contribution >= 4 is 36.6 Å². The highest BCUT2D eigenvalue weighted by molar-refractivity contribution is 7.80. The van der Waals surface area contributed by atoms with Crippen molar-refractivity contribution in [3.05, 3.63) is 48.5 Å². The van der Waals surface area contributed by atoms with Gasteiger partial charge in [0, 0.05) is 21.2 Å². The molecule has 0 aliphatic heterocycles. The van der Waals surface area contributed by atoms with Crippen molar-refractivity contribution in [2.24, 2.45) is 0 Å². The maximum atomic E-state index is 5.41. The largest absolute Gasteiger partial charge is 0.399 e. The van der Waals surface area contributed by atoms with E-state index in [0.29, 0.717) is 0 Å². The average Bonchev–Trinajstić information content (AvgIpc) is 2.17. The molecule has 0 saturated heterocycles. The fraction of sp³-hybridized carbons (Fsp3) is 0. The summed E-state index contributed by atoms with van der Waals surface area (Å²) in [7, 11) is 0. The Balaban J connectivity index is 0.000000160. The van der Waals surface area contributed by atoms with Crippen molar-refractivity contribution in [2.75, 3.05) is 11.5 Å². The van der Waals surface area contributed by atoms with Crippen LogP contribution in [0.4, 0.5) is 11.4 Å². The Morgan fingerprint density at radius 3 is 1.25 bits per heavy atom. The number of anilines is 2. The van der Waals surface area contributed by atoms with Crippen LogP contribution in [-0.2, 0) is 0 Å². The minimum atomic E-state index is 0.762. The second-order valence-corrected chi connectivity index (χ2v) is 4.22. The predicted molar refractivity (Wildman–Crippen MR) is 76.2 cm³/mol. The molecule has 2 rings (SSSR count). The monoisotopic (exact) mass is 250 g/mol. The summed E-state index contributed by atoms with van der Waals surface area (Å²) in [5.41, 5.74) is 12.3. The summed E-state index contributed by atoms with van der Waals surface area (Å²) >= 11 is 8.15. The van der Waals surface area contributed by atoms with E-state index in [2.05, 4.69) is 25.3 Å². The number of nitrogens with two attached hydrogens (primary N) is 2. The van der Waals surface area contributed by atoms with E-state index in [1.54, 1.807) is 0 Å². The van der Waals surface area contributed by atoms with E-state index < -0.39 is 0 Å². The Morgan fingerprint density at radius 1 is 0.688 bits per heavy atom. The molecule has 4 heteroatoms. The lowest BCUT2D eigenvalue weighted by molar-refractivity contribution is 1.48. The smallest absolute Gasteiger partial charge is 0.0325 e. The number of nitrogen functional groups attached to an aromatic ring is 2. The van der Waals surface area contributed by atoms with Gasteiger partial charge < -0.3 is 11.5 Å². The zero-order valence-electron chi connectivity index (χ0n) is 8.67. The van der Waals surface area contributed by atoms with E-state index in [9.17, 15) is 0 Å². The third-order valence-electron chi connectivity index (χ3n) is 1.74. The van der Waals surface area contributed by atoms with Gasteiger partial charge in [0.05, 0.1) is 0 Å². The van der Waals surface area contributed by atoms with E-state index in [1.165, 1.54) is 0 Å². The normalized spacial score (nSPS) is 9.12. The molecule has 0 spiro atoms. The SMILES string of the molecule is Nc1cccc(S)c1.Nc1cccc(S)c1. The van der Waals surface area contributed by atoms with Gasteiger partial charge in [-0.15, -0.1) is 25.3 Å². The molecule has 16 heavy (non-hydrogen) atoms. The Morgan fingerprint density at radius 2 is 1.06 bits per heavy atom. The van der Waals surface area contributed by atoms with Crippen molar-refractivity contribution in [1.29, 1.82) is 0 Å². The Hall–Kier alpha value is -1.26. The van der Waals surface area contributed by atoms with Crippen LogP contribution in [0.2, 0.25) is 0 Å². The minimum Gasteiger partial charge on any atom is -0.399 e. The number of hydrogen-bond donors (Lipinski definition) is 4. The van der Waals surface area contributed by atoms with Gasteiger partial charge in [-0.05, 0) is 36.4 Å². The standard InChI is InChI=1S/2C6H7NS/c2*7-5-2-1-3-6(8)4-5/h2*1-4,8H,7H2. The summed E-state index contributed by atoms with van der Waals surface area (Å²) in [6.07, 6.45) is 0. The summed E-state index contributed by atoms with van der Waals surface area (Å²) in [6.45, 7) is 0. The van der Waals surface area contributed by atoms with Gasteiger partial charge in [0.25, 0.3) is 0 Å². The third-order valence-corrected chi connectivity index (χ3v) is 2.30. The highest BCUT2D eigenvalue weighted by atomic mass is 32.1. The zero-order chi connectivity index (χ0) is 12.0. The van der Waals surface area contributed by atoms with Gasteiger partial charge in [-0.1, -0.05) is 12.1 Å². The topological polar surface area (TPSA) is 52.0 Å². The molecule has 0 unspecified atom stereocenters. The molecule has 0 aliphatic carbocycles.